The summed E-state index contributed by atoms with van der Waals surface area (Å²) in [4.78, 5) is 0. The van der Waals surface area contributed by atoms with Crippen LogP contribution in [0.5, 0.6) is 0 Å². The molecule has 1 aromatic rings. The molecule has 3 atom stereocenters. The van der Waals surface area contributed by atoms with E-state index >= 15 is 0 Å². The van der Waals surface area contributed by atoms with Gasteiger partial charge in [0.1, 0.15) is 0 Å². The lowest BCUT2D eigenvalue weighted by Gasteiger charge is -2.21. The van der Waals surface area contributed by atoms with E-state index in [-0.39, 0.29) is 0 Å². The van der Waals surface area contributed by atoms with E-state index in [1.54, 1.807) is 0 Å². The molecule has 2 rings (SSSR count). The molecule has 1 aliphatic heterocycles. The first-order chi connectivity index (χ1) is 8.63. The molecule has 3 nitrogen and oxygen atoms in total. The van der Waals surface area contributed by atoms with Gasteiger partial charge < -0.3 is 5.32 Å². The minimum Gasteiger partial charge on any atom is -0.319 e. The first-order valence-corrected chi connectivity index (χ1v) is 6.89. The summed E-state index contributed by atoms with van der Waals surface area (Å²) in [5.74, 6) is 1.18. The van der Waals surface area contributed by atoms with Crippen molar-refractivity contribution in [2.45, 2.75) is 38.8 Å². The molecule has 0 aliphatic carbocycles. The molecule has 0 aromatic heterocycles. The molecule has 3 unspecified atom stereocenters. The number of nitrogens with one attached hydrogen (secondary N) is 3. The summed E-state index contributed by atoms with van der Waals surface area (Å²) in [5.41, 5.74) is 9.54. The Kier molecular flexibility index (Phi) is 4.38. The normalized spacial score (nSPS) is 27.9. The van der Waals surface area contributed by atoms with Crippen LogP contribution in [-0.4, -0.2) is 19.6 Å². The van der Waals surface area contributed by atoms with E-state index in [1.165, 1.54) is 11.1 Å². The van der Waals surface area contributed by atoms with Crippen LogP contribution in [0, 0.1) is 5.92 Å². The van der Waals surface area contributed by atoms with E-state index in [4.69, 9.17) is 0 Å². The Morgan fingerprint density at radius 1 is 1.17 bits per heavy atom. The van der Waals surface area contributed by atoms with Gasteiger partial charge in [0.05, 0.1) is 6.04 Å². The largest absolute Gasteiger partial charge is 0.319 e. The van der Waals surface area contributed by atoms with Crippen molar-refractivity contribution in [3.63, 3.8) is 0 Å². The van der Waals surface area contributed by atoms with Gasteiger partial charge in [-0.25, -0.2) is 5.43 Å². The van der Waals surface area contributed by atoms with Gasteiger partial charge in [-0.2, -0.15) is 0 Å². The third-order valence-corrected chi connectivity index (χ3v) is 3.94. The van der Waals surface area contributed by atoms with Gasteiger partial charge in [0.2, 0.25) is 0 Å². The second-order valence-electron chi connectivity index (χ2n) is 5.60. The van der Waals surface area contributed by atoms with Crippen LogP contribution < -0.4 is 16.2 Å². The Balaban J connectivity index is 2.15. The van der Waals surface area contributed by atoms with Crippen molar-refractivity contribution in [2.75, 3.05) is 13.6 Å². The highest BCUT2D eigenvalue weighted by Crippen LogP contribution is 2.29. The van der Waals surface area contributed by atoms with Crippen molar-refractivity contribution in [3.8, 4) is 0 Å². The number of hydrogen-bond acceptors (Lipinski definition) is 3. The lowest BCUT2D eigenvalue weighted by atomic mass is 9.89. The average molecular weight is 247 g/mol. The first kappa shape index (κ1) is 13.5. The monoisotopic (exact) mass is 247 g/mol. The van der Waals surface area contributed by atoms with Crippen LogP contribution >= 0.6 is 0 Å². The van der Waals surface area contributed by atoms with Gasteiger partial charge in [0.25, 0.3) is 0 Å². The zero-order valence-corrected chi connectivity index (χ0v) is 11.8. The Morgan fingerprint density at radius 2 is 1.83 bits per heavy atom. The Labute approximate surface area is 110 Å². The van der Waals surface area contributed by atoms with E-state index in [2.05, 4.69) is 61.2 Å². The fraction of sp³-hybridized carbons (Fsp3) is 0.600. The van der Waals surface area contributed by atoms with Crippen molar-refractivity contribution in [2.24, 2.45) is 5.92 Å². The molecule has 0 saturated carbocycles. The minimum absolute atomic E-state index is 0.397. The summed E-state index contributed by atoms with van der Waals surface area (Å²) in [6.07, 6.45) is 0. The van der Waals surface area contributed by atoms with Crippen LogP contribution in [0.2, 0.25) is 0 Å². The third-order valence-electron chi connectivity index (χ3n) is 3.94. The highest BCUT2D eigenvalue weighted by molar-refractivity contribution is 5.28. The molecule has 100 valence electrons. The molecule has 1 aliphatic rings. The molecule has 1 heterocycles. The molecule has 1 aromatic carbocycles. The molecule has 3 N–H and O–H groups in total. The molecule has 1 saturated heterocycles. The topological polar surface area (TPSA) is 36.1 Å². The molecule has 18 heavy (non-hydrogen) atoms. The molecular weight excluding hydrogens is 222 g/mol. The molecule has 0 bridgehead atoms. The predicted octanol–water partition coefficient (Wildman–Crippen LogP) is 2.18. The van der Waals surface area contributed by atoms with Gasteiger partial charge >= 0.3 is 0 Å². The Morgan fingerprint density at radius 3 is 2.39 bits per heavy atom. The quantitative estimate of drug-likeness (QED) is 0.763. The van der Waals surface area contributed by atoms with E-state index < -0.39 is 0 Å². The van der Waals surface area contributed by atoms with Crippen LogP contribution in [-0.2, 0) is 0 Å². The van der Waals surface area contributed by atoms with Gasteiger partial charge in [-0.15, -0.1) is 0 Å². The van der Waals surface area contributed by atoms with Gasteiger partial charge in [-0.05, 0) is 31.0 Å². The lowest BCUT2D eigenvalue weighted by Crippen LogP contribution is -2.31. The van der Waals surface area contributed by atoms with Crippen molar-refractivity contribution in [1.29, 1.82) is 0 Å². The summed E-state index contributed by atoms with van der Waals surface area (Å²) in [5, 5.41) is 3.29. The van der Waals surface area contributed by atoms with Crippen molar-refractivity contribution in [3.05, 3.63) is 35.4 Å². The van der Waals surface area contributed by atoms with Crippen LogP contribution in [0.3, 0.4) is 0 Å². The molecule has 0 spiro atoms. The molecule has 3 heteroatoms. The van der Waals surface area contributed by atoms with Crippen LogP contribution in [0.4, 0.5) is 0 Å². The highest BCUT2D eigenvalue weighted by Gasteiger charge is 2.33. The molecule has 0 radical (unpaired) electrons. The number of hydrogen-bond donors (Lipinski definition) is 3. The van der Waals surface area contributed by atoms with Gasteiger partial charge in [-0.1, -0.05) is 38.1 Å². The lowest BCUT2D eigenvalue weighted by molar-refractivity contribution is 0.417. The summed E-state index contributed by atoms with van der Waals surface area (Å²) in [7, 11) is 2.02. The zero-order chi connectivity index (χ0) is 13.1. The SMILES string of the molecule is CNCC1C(C)NNC1c1ccc(C(C)C)cc1. The summed E-state index contributed by atoms with van der Waals surface area (Å²) >= 11 is 0. The second kappa shape index (κ2) is 5.83. The van der Waals surface area contributed by atoms with Gasteiger partial charge in [0.15, 0.2) is 0 Å². The van der Waals surface area contributed by atoms with Crippen LogP contribution in [0.15, 0.2) is 24.3 Å². The van der Waals surface area contributed by atoms with Gasteiger partial charge in [0, 0.05) is 18.5 Å². The first-order valence-electron chi connectivity index (χ1n) is 6.89. The molecular formula is C15H25N3. The zero-order valence-electron chi connectivity index (χ0n) is 11.8. The number of rotatable bonds is 4. The maximum atomic E-state index is 3.42. The van der Waals surface area contributed by atoms with Crippen LogP contribution in [0.1, 0.15) is 43.9 Å². The van der Waals surface area contributed by atoms with Crippen molar-refractivity contribution in [1.82, 2.24) is 16.2 Å². The standard InChI is InChI=1S/C15H25N3/c1-10(2)12-5-7-13(8-6-12)15-14(9-16-4)11(3)17-18-15/h5-8,10-11,14-18H,9H2,1-4H3. The Bertz CT molecular complexity index is 372. The smallest absolute Gasteiger partial charge is 0.0518 e. The van der Waals surface area contributed by atoms with E-state index in [0.29, 0.717) is 23.9 Å². The van der Waals surface area contributed by atoms with Gasteiger partial charge in [-0.3, -0.25) is 5.43 Å². The predicted molar refractivity (Wildman–Crippen MR) is 76.4 cm³/mol. The van der Waals surface area contributed by atoms with E-state index in [0.717, 1.165) is 6.54 Å². The summed E-state index contributed by atoms with van der Waals surface area (Å²) < 4.78 is 0. The van der Waals surface area contributed by atoms with Crippen molar-refractivity contribution >= 4 is 0 Å². The fourth-order valence-corrected chi connectivity index (χ4v) is 2.67. The highest BCUT2D eigenvalue weighted by atomic mass is 15.4. The fourth-order valence-electron chi connectivity index (χ4n) is 2.67. The Hall–Kier alpha value is -0.900. The third kappa shape index (κ3) is 2.74. The summed E-state index contributed by atoms with van der Waals surface area (Å²) in [6.45, 7) is 7.72. The average Bonchev–Trinajstić information content (AvgIpc) is 2.72. The van der Waals surface area contributed by atoms with E-state index in [9.17, 15) is 0 Å². The maximum Gasteiger partial charge on any atom is 0.0518 e. The molecule has 1 fully saturated rings. The molecule has 0 amide bonds. The second-order valence-corrected chi connectivity index (χ2v) is 5.60. The van der Waals surface area contributed by atoms with Crippen molar-refractivity contribution < 1.29 is 0 Å². The van der Waals surface area contributed by atoms with Crippen LogP contribution in [0.25, 0.3) is 0 Å². The minimum atomic E-state index is 0.397. The van der Waals surface area contributed by atoms with E-state index in [1.807, 2.05) is 7.05 Å². The number of hydrazine groups is 1. The number of benzene rings is 1. The summed E-state index contributed by atoms with van der Waals surface area (Å²) in [6, 6.07) is 9.91. The maximum absolute atomic E-state index is 3.42.